The summed E-state index contributed by atoms with van der Waals surface area (Å²) in [5.41, 5.74) is 0. The molecule has 2 rings (SSSR count). The molecule has 0 saturated carbocycles. The van der Waals surface area contributed by atoms with E-state index in [-0.39, 0.29) is 15.7 Å². The molecule has 7 nitrogen and oxygen atoms in total. The van der Waals surface area contributed by atoms with Gasteiger partial charge < -0.3 is 4.74 Å². The SMILES string of the molecule is CCOC1CCN(S(=O)(=O)c2c(Br)nnn2C)CC1. The van der Waals surface area contributed by atoms with Crippen molar-refractivity contribution in [3.05, 3.63) is 4.60 Å². The minimum absolute atomic E-state index is 0.0994. The Bertz CT molecular complexity index is 517. The molecule has 1 aromatic heterocycles. The normalized spacial score (nSPS) is 18.9. The number of rotatable bonds is 4. The van der Waals surface area contributed by atoms with Gasteiger partial charge in [-0.3, -0.25) is 0 Å². The van der Waals surface area contributed by atoms with E-state index in [9.17, 15) is 8.42 Å². The van der Waals surface area contributed by atoms with Crippen LogP contribution in [0.15, 0.2) is 9.63 Å². The molecule has 1 aromatic rings. The minimum atomic E-state index is -3.55. The molecule has 2 heterocycles. The first-order valence-electron chi connectivity index (χ1n) is 6.13. The molecule has 0 N–H and O–H groups in total. The second-order valence-electron chi connectivity index (χ2n) is 4.37. The second kappa shape index (κ2) is 5.86. The zero-order chi connectivity index (χ0) is 14.0. The third-order valence-corrected chi connectivity index (χ3v) is 5.91. The van der Waals surface area contributed by atoms with Crippen LogP contribution in [0.4, 0.5) is 0 Å². The molecule has 9 heteroatoms. The molecular formula is C10H17BrN4O3S. The monoisotopic (exact) mass is 352 g/mol. The van der Waals surface area contributed by atoms with Crippen LogP contribution in [0.2, 0.25) is 0 Å². The maximum Gasteiger partial charge on any atom is 0.263 e. The lowest BCUT2D eigenvalue weighted by Gasteiger charge is -2.30. The Balaban J connectivity index is 2.15. The van der Waals surface area contributed by atoms with Crippen LogP contribution >= 0.6 is 15.9 Å². The summed E-state index contributed by atoms with van der Waals surface area (Å²) in [6.45, 7) is 3.53. The summed E-state index contributed by atoms with van der Waals surface area (Å²) < 4.78 is 33.5. The molecule has 1 saturated heterocycles. The van der Waals surface area contributed by atoms with Crippen molar-refractivity contribution in [1.29, 1.82) is 0 Å². The van der Waals surface area contributed by atoms with E-state index in [0.717, 1.165) is 12.8 Å². The first kappa shape index (κ1) is 14.9. The van der Waals surface area contributed by atoms with Crippen LogP contribution in [0, 0.1) is 0 Å². The molecule has 1 aliphatic rings. The van der Waals surface area contributed by atoms with Crippen LogP contribution < -0.4 is 0 Å². The van der Waals surface area contributed by atoms with E-state index in [2.05, 4.69) is 26.2 Å². The zero-order valence-electron chi connectivity index (χ0n) is 10.9. The third kappa shape index (κ3) is 2.99. The number of halogens is 1. The molecule has 0 spiro atoms. The maximum atomic E-state index is 12.5. The van der Waals surface area contributed by atoms with Gasteiger partial charge in [-0.05, 0) is 35.7 Å². The van der Waals surface area contributed by atoms with Gasteiger partial charge in [0.25, 0.3) is 10.0 Å². The van der Waals surface area contributed by atoms with E-state index in [4.69, 9.17) is 4.74 Å². The molecule has 19 heavy (non-hydrogen) atoms. The number of ether oxygens (including phenoxy) is 1. The summed E-state index contributed by atoms with van der Waals surface area (Å²) in [6, 6.07) is 0. The fraction of sp³-hybridized carbons (Fsp3) is 0.800. The molecule has 0 aliphatic carbocycles. The van der Waals surface area contributed by atoms with Gasteiger partial charge in [0.2, 0.25) is 5.03 Å². The van der Waals surface area contributed by atoms with Gasteiger partial charge >= 0.3 is 0 Å². The third-order valence-electron chi connectivity index (χ3n) is 3.12. The predicted molar refractivity (Wildman–Crippen MR) is 72.1 cm³/mol. The van der Waals surface area contributed by atoms with Crippen molar-refractivity contribution in [2.45, 2.75) is 30.9 Å². The van der Waals surface area contributed by atoms with Crippen LogP contribution in [0.5, 0.6) is 0 Å². The highest BCUT2D eigenvalue weighted by Gasteiger charge is 2.33. The van der Waals surface area contributed by atoms with Crippen LogP contribution in [0.3, 0.4) is 0 Å². The van der Waals surface area contributed by atoms with Gasteiger partial charge in [0, 0.05) is 26.7 Å². The summed E-state index contributed by atoms with van der Waals surface area (Å²) in [5.74, 6) is 0. The molecule has 108 valence electrons. The van der Waals surface area contributed by atoms with Crippen molar-refractivity contribution < 1.29 is 13.2 Å². The van der Waals surface area contributed by atoms with E-state index < -0.39 is 10.0 Å². The standard InChI is InChI=1S/C10H17BrN4O3S/c1-3-18-8-4-6-15(7-5-8)19(16,17)10-9(11)12-13-14(10)2/h8H,3-7H2,1-2H3. The lowest BCUT2D eigenvalue weighted by Crippen LogP contribution is -2.41. The van der Waals surface area contributed by atoms with Crippen molar-refractivity contribution in [3.63, 3.8) is 0 Å². The Morgan fingerprint density at radius 2 is 2.05 bits per heavy atom. The highest BCUT2D eigenvalue weighted by atomic mass is 79.9. The molecule has 0 bridgehead atoms. The van der Waals surface area contributed by atoms with Gasteiger partial charge in [-0.25, -0.2) is 13.1 Å². The Kier molecular flexibility index (Phi) is 4.59. The minimum Gasteiger partial charge on any atom is -0.378 e. The highest BCUT2D eigenvalue weighted by Crippen LogP contribution is 2.25. The van der Waals surface area contributed by atoms with E-state index >= 15 is 0 Å². The Labute approximate surface area is 121 Å². The topological polar surface area (TPSA) is 77.3 Å². The average molecular weight is 353 g/mol. The van der Waals surface area contributed by atoms with Crippen LogP contribution in [0.1, 0.15) is 19.8 Å². The fourth-order valence-corrected chi connectivity index (χ4v) is 4.70. The Morgan fingerprint density at radius 1 is 1.42 bits per heavy atom. The first-order valence-corrected chi connectivity index (χ1v) is 8.37. The number of sulfonamides is 1. The van der Waals surface area contributed by atoms with Crippen LogP contribution in [-0.2, 0) is 21.8 Å². The van der Waals surface area contributed by atoms with Gasteiger partial charge in [-0.2, -0.15) is 4.31 Å². The highest BCUT2D eigenvalue weighted by molar-refractivity contribution is 9.10. The smallest absolute Gasteiger partial charge is 0.263 e. The van der Waals surface area contributed by atoms with E-state index in [1.54, 1.807) is 7.05 Å². The van der Waals surface area contributed by atoms with Gasteiger partial charge in [-0.15, -0.1) is 5.10 Å². The lowest BCUT2D eigenvalue weighted by molar-refractivity contribution is 0.0289. The predicted octanol–water partition coefficient (Wildman–Crippen LogP) is 0.767. The Hall–Kier alpha value is -0.510. The fourth-order valence-electron chi connectivity index (χ4n) is 2.19. The number of nitrogens with zero attached hydrogens (tertiary/aromatic N) is 4. The maximum absolute atomic E-state index is 12.5. The summed E-state index contributed by atoms with van der Waals surface area (Å²) in [5, 5.41) is 7.53. The van der Waals surface area contributed by atoms with Crippen molar-refractivity contribution in [1.82, 2.24) is 19.3 Å². The molecular weight excluding hydrogens is 336 g/mol. The molecule has 0 atom stereocenters. The molecule has 1 fully saturated rings. The second-order valence-corrected chi connectivity index (χ2v) is 6.97. The average Bonchev–Trinajstić information content (AvgIpc) is 2.70. The quantitative estimate of drug-likeness (QED) is 0.799. The largest absolute Gasteiger partial charge is 0.378 e. The van der Waals surface area contributed by atoms with Crippen LogP contribution in [-0.4, -0.2) is 53.5 Å². The number of aryl methyl sites for hydroxylation is 1. The van der Waals surface area contributed by atoms with Crippen molar-refractivity contribution in [2.24, 2.45) is 7.05 Å². The van der Waals surface area contributed by atoms with Gasteiger partial charge in [0.15, 0.2) is 4.60 Å². The summed E-state index contributed by atoms with van der Waals surface area (Å²) in [6.07, 6.45) is 1.59. The van der Waals surface area contributed by atoms with E-state index in [1.807, 2.05) is 6.92 Å². The number of aromatic nitrogens is 3. The molecule has 0 unspecified atom stereocenters. The molecule has 0 amide bonds. The first-order chi connectivity index (χ1) is 8.96. The van der Waals surface area contributed by atoms with Gasteiger partial charge in [0.1, 0.15) is 0 Å². The van der Waals surface area contributed by atoms with Gasteiger partial charge in [0.05, 0.1) is 6.10 Å². The van der Waals surface area contributed by atoms with E-state index in [0.29, 0.717) is 19.7 Å². The molecule has 1 aliphatic heterocycles. The lowest BCUT2D eigenvalue weighted by atomic mass is 10.1. The molecule has 0 radical (unpaired) electrons. The summed E-state index contributed by atoms with van der Waals surface area (Å²) >= 11 is 3.13. The van der Waals surface area contributed by atoms with Gasteiger partial charge in [-0.1, -0.05) is 5.21 Å². The Morgan fingerprint density at radius 3 is 2.53 bits per heavy atom. The van der Waals surface area contributed by atoms with E-state index in [1.165, 1.54) is 8.99 Å². The van der Waals surface area contributed by atoms with Crippen molar-refractivity contribution in [3.8, 4) is 0 Å². The van der Waals surface area contributed by atoms with Crippen molar-refractivity contribution in [2.75, 3.05) is 19.7 Å². The number of hydrogen-bond acceptors (Lipinski definition) is 5. The number of hydrogen-bond donors (Lipinski definition) is 0. The summed E-state index contributed by atoms with van der Waals surface area (Å²) in [7, 11) is -1.98. The number of piperidine rings is 1. The van der Waals surface area contributed by atoms with Crippen molar-refractivity contribution >= 4 is 26.0 Å². The summed E-state index contributed by atoms with van der Waals surface area (Å²) in [4.78, 5) is 0. The molecule has 0 aromatic carbocycles. The van der Waals surface area contributed by atoms with Crippen LogP contribution in [0.25, 0.3) is 0 Å². The zero-order valence-corrected chi connectivity index (χ0v) is 13.3.